The Bertz CT molecular complexity index is 990. The summed E-state index contributed by atoms with van der Waals surface area (Å²) in [4.78, 5) is 27.1. The molecule has 0 saturated heterocycles. The third-order valence-electron chi connectivity index (χ3n) is 4.98. The Morgan fingerprint density at radius 2 is 1.97 bits per heavy atom. The van der Waals surface area contributed by atoms with Gasteiger partial charge in [0.15, 0.2) is 11.6 Å². The van der Waals surface area contributed by atoms with Crippen molar-refractivity contribution in [3.8, 4) is 0 Å². The van der Waals surface area contributed by atoms with Crippen LogP contribution < -0.4 is 0 Å². The van der Waals surface area contributed by atoms with Gasteiger partial charge in [-0.3, -0.25) is 4.79 Å². The Morgan fingerprint density at radius 1 is 1.21 bits per heavy atom. The Labute approximate surface area is 172 Å². The number of hydrogen-bond donors (Lipinski definition) is 0. The van der Waals surface area contributed by atoms with Crippen LogP contribution in [0.2, 0.25) is 5.02 Å². The van der Waals surface area contributed by atoms with Crippen molar-refractivity contribution in [2.45, 2.75) is 32.2 Å². The molecule has 0 aromatic heterocycles. The molecule has 1 aliphatic heterocycles. The van der Waals surface area contributed by atoms with Crippen molar-refractivity contribution in [1.82, 2.24) is 4.90 Å². The number of ether oxygens (including phenoxy) is 1. The number of carbonyl (C=O) groups excluding carboxylic acids is 2. The van der Waals surface area contributed by atoms with Gasteiger partial charge in [0.1, 0.15) is 0 Å². The molecule has 0 bridgehead atoms. The van der Waals surface area contributed by atoms with Crippen LogP contribution in [0.1, 0.15) is 36.8 Å². The quantitative estimate of drug-likeness (QED) is 0.643. The zero-order valence-electron chi connectivity index (χ0n) is 16.0. The average molecular weight is 420 g/mol. The molecule has 0 fully saturated rings. The molecule has 1 aliphatic rings. The lowest BCUT2D eigenvalue weighted by Crippen LogP contribution is -2.38. The third kappa shape index (κ3) is 4.32. The summed E-state index contributed by atoms with van der Waals surface area (Å²) in [6.07, 6.45) is 0.425. The van der Waals surface area contributed by atoms with E-state index in [2.05, 4.69) is 0 Å². The summed E-state index contributed by atoms with van der Waals surface area (Å²) < 4.78 is 31.9. The predicted molar refractivity (Wildman–Crippen MR) is 105 cm³/mol. The number of rotatable bonds is 5. The van der Waals surface area contributed by atoms with Crippen LogP contribution in [-0.4, -0.2) is 23.9 Å². The highest BCUT2D eigenvalue weighted by atomic mass is 35.5. The first-order chi connectivity index (χ1) is 13.8. The van der Waals surface area contributed by atoms with E-state index >= 15 is 0 Å². The first-order valence-electron chi connectivity index (χ1n) is 9.16. The van der Waals surface area contributed by atoms with Gasteiger partial charge >= 0.3 is 5.97 Å². The van der Waals surface area contributed by atoms with Crippen molar-refractivity contribution < 1.29 is 23.1 Å². The van der Waals surface area contributed by atoms with Crippen LogP contribution in [0, 0.1) is 11.6 Å². The molecule has 3 rings (SSSR count). The predicted octanol–water partition coefficient (Wildman–Crippen LogP) is 4.97. The number of nitrogens with zero attached hydrogens (tertiary/aromatic N) is 1. The largest absolute Gasteiger partial charge is 0.466 e. The number of halogens is 3. The molecule has 2 aromatic carbocycles. The van der Waals surface area contributed by atoms with E-state index in [1.165, 1.54) is 18.1 Å². The van der Waals surface area contributed by atoms with Gasteiger partial charge in [-0.25, -0.2) is 13.6 Å². The van der Waals surface area contributed by atoms with Crippen LogP contribution in [0.25, 0.3) is 0 Å². The first kappa shape index (κ1) is 21.0. The zero-order chi connectivity index (χ0) is 21.1. The number of benzene rings is 2. The number of hydrogen-bond acceptors (Lipinski definition) is 3. The van der Waals surface area contributed by atoms with Crippen LogP contribution in [0.5, 0.6) is 0 Å². The van der Waals surface area contributed by atoms with Gasteiger partial charge in [0.2, 0.25) is 5.91 Å². The van der Waals surface area contributed by atoms with Crippen LogP contribution >= 0.6 is 11.6 Å². The van der Waals surface area contributed by atoms with Crippen molar-refractivity contribution in [2.24, 2.45) is 0 Å². The molecule has 0 radical (unpaired) electrons. The van der Waals surface area contributed by atoms with Gasteiger partial charge in [-0.2, -0.15) is 0 Å². The third-order valence-corrected chi connectivity index (χ3v) is 5.22. The fourth-order valence-electron chi connectivity index (χ4n) is 3.65. The highest BCUT2D eigenvalue weighted by molar-refractivity contribution is 6.30. The number of esters is 1. The molecular weight excluding hydrogens is 400 g/mol. The van der Waals surface area contributed by atoms with Gasteiger partial charge in [0.25, 0.3) is 0 Å². The van der Waals surface area contributed by atoms with E-state index in [0.29, 0.717) is 28.3 Å². The minimum Gasteiger partial charge on any atom is -0.466 e. The SMILES string of the molecule is CCC1=C(C(=O)OC)C(c2cccc(Cl)c2)CC(=O)N1Cc1ccc(F)c(F)c1. The molecule has 29 heavy (non-hydrogen) atoms. The molecule has 0 N–H and O–H groups in total. The summed E-state index contributed by atoms with van der Waals surface area (Å²) in [6, 6.07) is 10.5. The molecule has 1 amide bonds. The van der Waals surface area contributed by atoms with Crippen LogP contribution in [0.15, 0.2) is 53.7 Å². The summed E-state index contributed by atoms with van der Waals surface area (Å²) in [5, 5.41) is 0.501. The summed E-state index contributed by atoms with van der Waals surface area (Å²) >= 11 is 6.10. The van der Waals surface area contributed by atoms with Gasteiger partial charge in [-0.1, -0.05) is 36.7 Å². The molecule has 0 aliphatic carbocycles. The lowest BCUT2D eigenvalue weighted by molar-refractivity contribution is -0.138. The van der Waals surface area contributed by atoms with E-state index < -0.39 is 23.5 Å². The van der Waals surface area contributed by atoms with Crippen molar-refractivity contribution in [2.75, 3.05) is 7.11 Å². The zero-order valence-corrected chi connectivity index (χ0v) is 16.8. The first-order valence-corrected chi connectivity index (χ1v) is 9.54. The Balaban J connectivity index is 2.08. The molecule has 0 spiro atoms. The van der Waals surface area contributed by atoms with E-state index in [9.17, 15) is 18.4 Å². The fourth-order valence-corrected chi connectivity index (χ4v) is 3.85. The lowest BCUT2D eigenvalue weighted by Gasteiger charge is -2.35. The molecule has 2 aromatic rings. The topological polar surface area (TPSA) is 46.6 Å². The van der Waals surface area contributed by atoms with Gasteiger partial charge in [0, 0.05) is 23.1 Å². The van der Waals surface area contributed by atoms with E-state index in [1.807, 2.05) is 13.0 Å². The Hall–Kier alpha value is -2.73. The van der Waals surface area contributed by atoms with E-state index in [1.54, 1.807) is 18.2 Å². The van der Waals surface area contributed by atoms with E-state index in [-0.39, 0.29) is 18.9 Å². The maximum absolute atomic E-state index is 13.6. The van der Waals surface area contributed by atoms with Crippen molar-refractivity contribution in [1.29, 1.82) is 0 Å². The van der Waals surface area contributed by atoms with Gasteiger partial charge in [-0.05, 0) is 41.8 Å². The van der Waals surface area contributed by atoms with Crippen LogP contribution in [0.4, 0.5) is 8.78 Å². The summed E-state index contributed by atoms with van der Waals surface area (Å²) in [5.41, 5.74) is 2.04. The van der Waals surface area contributed by atoms with Gasteiger partial charge < -0.3 is 9.64 Å². The van der Waals surface area contributed by atoms with E-state index in [0.717, 1.165) is 17.7 Å². The van der Waals surface area contributed by atoms with Gasteiger partial charge in [0.05, 0.1) is 19.2 Å². The summed E-state index contributed by atoms with van der Waals surface area (Å²) in [5.74, 6) is -3.19. The average Bonchev–Trinajstić information content (AvgIpc) is 2.71. The maximum atomic E-state index is 13.6. The van der Waals surface area contributed by atoms with E-state index in [4.69, 9.17) is 16.3 Å². The minimum absolute atomic E-state index is 0.0297. The number of carbonyl (C=O) groups is 2. The van der Waals surface area contributed by atoms with Crippen molar-refractivity contribution >= 4 is 23.5 Å². The number of methoxy groups -OCH3 is 1. The maximum Gasteiger partial charge on any atom is 0.336 e. The summed E-state index contributed by atoms with van der Waals surface area (Å²) in [7, 11) is 1.29. The standard InChI is InChI=1S/C22H20ClF2NO3/c1-3-19-21(22(28)29-2)16(14-5-4-6-15(23)10-14)11-20(27)26(19)12-13-7-8-17(24)18(25)9-13/h4-10,16H,3,11-12H2,1-2H3. The smallest absolute Gasteiger partial charge is 0.336 e. The molecule has 0 saturated carbocycles. The summed E-state index contributed by atoms with van der Waals surface area (Å²) in [6.45, 7) is 1.85. The second-order valence-electron chi connectivity index (χ2n) is 6.75. The van der Waals surface area contributed by atoms with Gasteiger partial charge in [-0.15, -0.1) is 0 Å². The molecule has 1 heterocycles. The molecule has 1 unspecified atom stereocenters. The highest BCUT2D eigenvalue weighted by Crippen LogP contribution is 2.39. The normalized spacial score (nSPS) is 16.9. The van der Waals surface area contributed by atoms with Crippen molar-refractivity contribution in [3.05, 3.63) is 81.5 Å². The fraction of sp³-hybridized carbons (Fsp3) is 0.273. The highest BCUT2D eigenvalue weighted by Gasteiger charge is 2.37. The molecule has 1 atom stereocenters. The molecule has 4 nitrogen and oxygen atoms in total. The minimum atomic E-state index is -0.987. The number of amides is 1. The van der Waals surface area contributed by atoms with Crippen LogP contribution in [-0.2, 0) is 20.9 Å². The molecule has 7 heteroatoms. The van der Waals surface area contributed by atoms with Crippen LogP contribution in [0.3, 0.4) is 0 Å². The van der Waals surface area contributed by atoms with Crippen molar-refractivity contribution in [3.63, 3.8) is 0 Å². The Morgan fingerprint density at radius 3 is 2.59 bits per heavy atom. The molecule has 152 valence electrons. The second kappa shape index (κ2) is 8.74. The second-order valence-corrected chi connectivity index (χ2v) is 7.18. The number of allylic oxidation sites excluding steroid dienone is 1. The Kier molecular flexibility index (Phi) is 6.33. The monoisotopic (exact) mass is 419 g/mol. The molecular formula is C22H20ClF2NO3. The lowest BCUT2D eigenvalue weighted by atomic mass is 9.82.